The maximum atomic E-state index is 5.57. The summed E-state index contributed by atoms with van der Waals surface area (Å²) in [6.07, 6.45) is 4.58. The summed E-state index contributed by atoms with van der Waals surface area (Å²) < 4.78 is 5.57. The second-order valence-electron chi connectivity index (χ2n) is 6.19. The molecule has 3 rings (SSSR count). The van der Waals surface area contributed by atoms with Gasteiger partial charge in [-0.2, -0.15) is 0 Å². The van der Waals surface area contributed by atoms with E-state index in [0.29, 0.717) is 0 Å². The van der Waals surface area contributed by atoms with Gasteiger partial charge in [0, 0.05) is 25.3 Å². The SMILES string of the molecule is CC1(C)COCCN1c1cc(CNC2CC2)ccn1. The third kappa shape index (κ3) is 3.07. The molecular weight excluding hydrogens is 238 g/mol. The largest absolute Gasteiger partial charge is 0.377 e. The average Bonchev–Trinajstić information content (AvgIpc) is 3.20. The highest BCUT2D eigenvalue weighted by atomic mass is 16.5. The molecule has 1 saturated carbocycles. The van der Waals surface area contributed by atoms with E-state index in [-0.39, 0.29) is 5.54 Å². The molecule has 1 N–H and O–H groups in total. The molecule has 2 fully saturated rings. The first-order valence-corrected chi connectivity index (χ1v) is 7.19. The van der Waals surface area contributed by atoms with Crippen molar-refractivity contribution in [2.45, 2.75) is 44.8 Å². The van der Waals surface area contributed by atoms with Crippen LogP contribution in [0.1, 0.15) is 32.3 Å². The molecule has 1 aromatic rings. The van der Waals surface area contributed by atoms with Gasteiger partial charge in [-0.1, -0.05) is 0 Å². The number of hydrogen-bond acceptors (Lipinski definition) is 4. The maximum Gasteiger partial charge on any atom is 0.129 e. The van der Waals surface area contributed by atoms with Gasteiger partial charge in [0.05, 0.1) is 18.8 Å². The van der Waals surface area contributed by atoms with Crippen molar-refractivity contribution < 1.29 is 4.74 Å². The van der Waals surface area contributed by atoms with E-state index in [4.69, 9.17) is 4.74 Å². The van der Waals surface area contributed by atoms with Crippen molar-refractivity contribution in [1.82, 2.24) is 10.3 Å². The van der Waals surface area contributed by atoms with E-state index >= 15 is 0 Å². The van der Waals surface area contributed by atoms with E-state index in [2.05, 4.69) is 41.2 Å². The van der Waals surface area contributed by atoms with Crippen molar-refractivity contribution in [2.24, 2.45) is 0 Å². The minimum atomic E-state index is 0.0216. The third-order valence-electron chi connectivity index (χ3n) is 3.90. The Morgan fingerprint density at radius 1 is 1.47 bits per heavy atom. The van der Waals surface area contributed by atoms with Crippen LogP contribution in [0.25, 0.3) is 0 Å². The van der Waals surface area contributed by atoms with Crippen LogP contribution in [-0.4, -0.2) is 36.3 Å². The molecule has 0 radical (unpaired) electrons. The molecule has 1 saturated heterocycles. The predicted octanol–water partition coefficient (Wildman–Crippen LogP) is 1.95. The Morgan fingerprint density at radius 2 is 2.32 bits per heavy atom. The summed E-state index contributed by atoms with van der Waals surface area (Å²) in [4.78, 5) is 6.90. The Kier molecular flexibility index (Phi) is 3.46. The lowest BCUT2D eigenvalue weighted by atomic mass is 10.0. The number of morpholine rings is 1. The van der Waals surface area contributed by atoms with E-state index < -0.39 is 0 Å². The fourth-order valence-corrected chi connectivity index (χ4v) is 2.55. The summed E-state index contributed by atoms with van der Waals surface area (Å²) in [5, 5.41) is 3.55. The molecule has 0 amide bonds. The highest BCUT2D eigenvalue weighted by Crippen LogP contribution is 2.26. The third-order valence-corrected chi connectivity index (χ3v) is 3.90. The van der Waals surface area contributed by atoms with Crippen LogP contribution in [0, 0.1) is 0 Å². The first kappa shape index (κ1) is 12.9. The van der Waals surface area contributed by atoms with Crippen molar-refractivity contribution in [3.05, 3.63) is 23.9 Å². The lowest BCUT2D eigenvalue weighted by Gasteiger charge is -2.43. The van der Waals surface area contributed by atoms with Gasteiger partial charge in [-0.3, -0.25) is 0 Å². The molecule has 104 valence electrons. The number of ether oxygens (including phenoxy) is 1. The molecule has 1 aromatic heterocycles. The molecule has 1 aliphatic carbocycles. The van der Waals surface area contributed by atoms with Crippen molar-refractivity contribution in [3.8, 4) is 0 Å². The Labute approximate surface area is 115 Å². The number of aromatic nitrogens is 1. The van der Waals surface area contributed by atoms with Gasteiger partial charge < -0.3 is 15.0 Å². The number of nitrogens with one attached hydrogen (secondary N) is 1. The topological polar surface area (TPSA) is 37.4 Å². The number of rotatable bonds is 4. The van der Waals surface area contributed by atoms with Gasteiger partial charge in [0.15, 0.2) is 0 Å². The molecule has 0 unspecified atom stereocenters. The summed E-state index contributed by atoms with van der Waals surface area (Å²) >= 11 is 0. The van der Waals surface area contributed by atoms with Gasteiger partial charge in [-0.25, -0.2) is 4.98 Å². The van der Waals surface area contributed by atoms with Crippen LogP contribution in [0.3, 0.4) is 0 Å². The first-order chi connectivity index (χ1) is 9.15. The van der Waals surface area contributed by atoms with E-state index in [1.54, 1.807) is 0 Å². The van der Waals surface area contributed by atoms with E-state index in [9.17, 15) is 0 Å². The van der Waals surface area contributed by atoms with E-state index in [0.717, 1.165) is 38.2 Å². The molecular formula is C15H23N3O. The second kappa shape index (κ2) is 5.10. The predicted molar refractivity (Wildman–Crippen MR) is 76.3 cm³/mol. The van der Waals surface area contributed by atoms with Crippen molar-refractivity contribution in [3.63, 3.8) is 0 Å². The van der Waals surface area contributed by atoms with Crippen LogP contribution in [0.4, 0.5) is 5.82 Å². The summed E-state index contributed by atoms with van der Waals surface area (Å²) in [5.41, 5.74) is 1.34. The van der Waals surface area contributed by atoms with Crippen molar-refractivity contribution >= 4 is 5.82 Å². The molecule has 19 heavy (non-hydrogen) atoms. The van der Waals surface area contributed by atoms with Gasteiger partial charge >= 0.3 is 0 Å². The maximum absolute atomic E-state index is 5.57. The van der Waals surface area contributed by atoms with Crippen LogP contribution in [-0.2, 0) is 11.3 Å². The summed E-state index contributed by atoms with van der Waals surface area (Å²) in [5.74, 6) is 1.07. The fraction of sp³-hybridized carbons (Fsp3) is 0.667. The van der Waals surface area contributed by atoms with Crippen LogP contribution >= 0.6 is 0 Å². The molecule has 0 atom stereocenters. The number of anilines is 1. The Balaban J connectivity index is 1.73. The zero-order valence-corrected chi connectivity index (χ0v) is 11.9. The summed E-state index contributed by atoms with van der Waals surface area (Å²) in [6, 6.07) is 5.06. The van der Waals surface area contributed by atoms with Crippen LogP contribution in [0.2, 0.25) is 0 Å². The number of pyridine rings is 1. The van der Waals surface area contributed by atoms with Gasteiger partial charge in [-0.05, 0) is 44.4 Å². The Hall–Kier alpha value is -1.13. The normalized spacial score (nSPS) is 22.5. The quantitative estimate of drug-likeness (QED) is 0.899. The average molecular weight is 261 g/mol. The first-order valence-electron chi connectivity index (χ1n) is 7.19. The molecule has 2 aliphatic rings. The highest BCUT2D eigenvalue weighted by Gasteiger charge is 2.31. The molecule has 0 aromatic carbocycles. The van der Waals surface area contributed by atoms with Crippen LogP contribution in [0.15, 0.2) is 18.3 Å². The van der Waals surface area contributed by atoms with Gasteiger partial charge in [0.1, 0.15) is 5.82 Å². The fourth-order valence-electron chi connectivity index (χ4n) is 2.55. The second-order valence-corrected chi connectivity index (χ2v) is 6.19. The smallest absolute Gasteiger partial charge is 0.129 e. The van der Waals surface area contributed by atoms with Gasteiger partial charge in [0.25, 0.3) is 0 Å². The zero-order valence-electron chi connectivity index (χ0n) is 11.9. The molecule has 2 heterocycles. The lowest BCUT2D eigenvalue weighted by molar-refractivity contribution is 0.0639. The molecule has 4 nitrogen and oxygen atoms in total. The van der Waals surface area contributed by atoms with Crippen LogP contribution < -0.4 is 10.2 Å². The molecule has 1 aliphatic heterocycles. The standard InChI is InChI=1S/C15H23N3O/c1-15(2)11-19-8-7-18(15)14-9-12(5-6-16-14)10-17-13-3-4-13/h5-6,9,13,17H,3-4,7-8,10-11H2,1-2H3. The minimum absolute atomic E-state index is 0.0216. The highest BCUT2D eigenvalue weighted by molar-refractivity contribution is 5.44. The molecule has 0 spiro atoms. The number of hydrogen-bond donors (Lipinski definition) is 1. The van der Waals surface area contributed by atoms with Gasteiger partial charge in [0.2, 0.25) is 0 Å². The van der Waals surface area contributed by atoms with Gasteiger partial charge in [-0.15, -0.1) is 0 Å². The van der Waals surface area contributed by atoms with Crippen LogP contribution in [0.5, 0.6) is 0 Å². The number of nitrogens with zero attached hydrogens (tertiary/aromatic N) is 2. The Bertz CT molecular complexity index is 443. The Morgan fingerprint density at radius 3 is 3.05 bits per heavy atom. The lowest BCUT2D eigenvalue weighted by Crippen LogP contribution is -2.53. The summed E-state index contributed by atoms with van der Waals surface area (Å²) in [7, 11) is 0. The van der Waals surface area contributed by atoms with Crippen molar-refractivity contribution in [2.75, 3.05) is 24.7 Å². The van der Waals surface area contributed by atoms with E-state index in [1.807, 2.05) is 6.20 Å². The monoisotopic (exact) mass is 261 g/mol. The minimum Gasteiger partial charge on any atom is -0.377 e. The zero-order chi connectivity index (χ0) is 13.3. The molecule has 0 bridgehead atoms. The summed E-state index contributed by atoms with van der Waals surface area (Å²) in [6.45, 7) is 7.84. The molecule has 4 heteroatoms. The van der Waals surface area contributed by atoms with E-state index in [1.165, 1.54) is 18.4 Å². The van der Waals surface area contributed by atoms with Crippen molar-refractivity contribution in [1.29, 1.82) is 0 Å².